The van der Waals surface area contributed by atoms with Crippen molar-refractivity contribution in [2.75, 3.05) is 0 Å². The number of rotatable bonds is 13. The van der Waals surface area contributed by atoms with Crippen molar-refractivity contribution in [1.82, 2.24) is 0 Å². The van der Waals surface area contributed by atoms with Crippen LogP contribution in [0.3, 0.4) is 0 Å². The molecule has 0 radical (unpaired) electrons. The number of carboxylic acids is 1. The van der Waals surface area contributed by atoms with E-state index in [0.717, 1.165) is 51.4 Å². The molecule has 0 aromatic rings. The topological polar surface area (TPSA) is 94.8 Å². The largest absolute Gasteiger partial charge is 0.481 e. The van der Waals surface area contributed by atoms with Gasteiger partial charge in [-0.15, -0.1) is 0 Å². The molecule has 0 saturated heterocycles. The molecule has 0 heterocycles. The summed E-state index contributed by atoms with van der Waals surface area (Å²) in [4.78, 5) is 22.6. The second-order valence-corrected chi connectivity index (χ2v) is 7.22. The number of carbonyl (C=O) groups is 2. The van der Waals surface area contributed by atoms with E-state index in [9.17, 15) is 19.8 Å². The number of carboxylic acid groups (broad SMARTS) is 1. The predicted molar refractivity (Wildman–Crippen MR) is 97.2 cm³/mol. The van der Waals surface area contributed by atoms with Gasteiger partial charge in [0, 0.05) is 24.7 Å². The molecule has 5 heteroatoms. The third-order valence-electron chi connectivity index (χ3n) is 5.05. The zero-order valence-corrected chi connectivity index (χ0v) is 15.4. The number of ketones is 1. The lowest BCUT2D eigenvalue weighted by Crippen LogP contribution is -2.19. The van der Waals surface area contributed by atoms with E-state index in [4.69, 9.17) is 5.11 Å². The van der Waals surface area contributed by atoms with E-state index >= 15 is 0 Å². The summed E-state index contributed by atoms with van der Waals surface area (Å²) in [7, 11) is 0. The lowest BCUT2D eigenvalue weighted by atomic mass is 9.88. The predicted octanol–water partition coefficient (Wildman–Crippen LogP) is 3.48. The quantitative estimate of drug-likeness (QED) is 0.348. The fraction of sp³-hybridized carbons (Fsp3) is 0.800. The molecule has 1 aliphatic rings. The summed E-state index contributed by atoms with van der Waals surface area (Å²) in [5.41, 5.74) is 0. The number of unbranched alkanes of at least 4 members (excludes halogenated alkanes) is 5. The minimum absolute atomic E-state index is 0.105. The smallest absolute Gasteiger partial charge is 0.303 e. The fourth-order valence-electron chi connectivity index (χ4n) is 3.54. The van der Waals surface area contributed by atoms with Gasteiger partial charge < -0.3 is 15.3 Å². The molecule has 1 fully saturated rings. The summed E-state index contributed by atoms with van der Waals surface area (Å²) in [5, 5.41) is 28.7. The Morgan fingerprint density at radius 2 is 1.92 bits per heavy atom. The Balaban J connectivity index is 2.39. The van der Waals surface area contributed by atoms with Gasteiger partial charge in [0.15, 0.2) is 0 Å². The number of aliphatic hydroxyl groups excluding tert-OH is 2. The standard InChI is InChI=1S/C20H34O5/c1-2-3-6-9-15(21)12-13-17-16(18(22)14-19(17)23)10-7-4-5-8-11-20(24)25/h12-13,15-17,19,21,23H,2-11,14H2,1H3,(H,24,25)/b13-12+/t15-,16+,17+,19?/m0/s1. The molecule has 1 saturated carbocycles. The third-order valence-corrected chi connectivity index (χ3v) is 5.05. The van der Waals surface area contributed by atoms with Crippen molar-refractivity contribution < 1.29 is 24.9 Å². The Hall–Kier alpha value is -1.20. The van der Waals surface area contributed by atoms with Gasteiger partial charge in [0.2, 0.25) is 0 Å². The maximum Gasteiger partial charge on any atom is 0.303 e. The van der Waals surface area contributed by atoms with E-state index in [0.29, 0.717) is 6.42 Å². The van der Waals surface area contributed by atoms with Gasteiger partial charge in [-0.25, -0.2) is 0 Å². The lowest BCUT2D eigenvalue weighted by molar-refractivity contribution is -0.137. The van der Waals surface area contributed by atoms with Crippen LogP contribution in [-0.4, -0.2) is 39.3 Å². The molecule has 1 aliphatic carbocycles. The van der Waals surface area contributed by atoms with Gasteiger partial charge in [0.25, 0.3) is 0 Å². The zero-order valence-electron chi connectivity index (χ0n) is 15.4. The molecule has 25 heavy (non-hydrogen) atoms. The number of hydrogen-bond donors (Lipinski definition) is 3. The first-order valence-electron chi connectivity index (χ1n) is 9.74. The van der Waals surface area contributed by atoms with Gasteiger partial charge in [-0.2, -0.15) is 0 Å². The highest BCUT2D eigenvalue weighted by Gasteiger charge is 2.39. The highest BCUT2D eigenvalue weighted by molar-refractivity contribution is 5.84. The third kappa shape index (κ3) is 8.63. The summed E-state index contributed by atoms with van der Waals surface area (Å²) in [6.45, 7) is 2.12. The molecule has 144 valence electrons. The second kappa shape index (κ2) is 12.2. The number of Topliss-reactive ketones (excluding diaryl/α,β-unsaturated/α-hetero) is 1. The van der Waals surface area contributed by atoms with Crippen LogP contribution in [-0.2, 0) is 9.59 Å². The Morgan fingerprint density at radius 3 is 2.60 bits per heavy atom. The highest BCUT2D eigenvalue weighted by Crippen LogP contribution is 2.34. The molecule has 0 bridgehead atoms. The van der Waals surface area contributed by atoms with Crippen LogP contribution < -0.4 is 0 Å². The minimum Gasteiger partial charge on any atom is -0.481 e. The average molecular weight is 354 g/mol. The van der Waals surface area contributed by atoms with E-state index in [2.05, 4.69) is 6.92 Å². The Morgan fingerprint density at radius 1 is 1.20 bits per heavy atom. The maximum atomic E-state index is 12.1. The van der Waals surface area contributed by atoms with Crippen LogP contribution in [0.15, 0.2) is 12.2 Å². The zero-order chi connectivity index (χ0) is 18.7. The number of hydrogen-bond acceptors (Lipinski definition) is 4. The molecular formula is C20H34O5. The monoisotopic (exact) mass is 354 g/mol. The Labute approximate surface area is 151 Å². The van der Waals surface area contributed by atoms with Crippen molar-refractivity contribution in [3.63, 3.8) is 0 Å². The van der Waals surface area contributed by atoms with Crippen LogP contribution in [0.1, 0.15) is 77.6 Å². The maximum absolute atomic E-state index is 12.1. The van der Waals surface area contributed by atoms with E-state index in [1.165, 1.54) is 0 Å². The molecule has 0 aromatic heterocycles. The van der Waals surface area contributed by atoms with Crippen molar-refractivity contribution >= 4 is 11.8 Å². The van der Waals surface area contributed by atoms with E-state index < -0.39 is 18.2 Å². The van der Waals surface area contributed by atoms with Crippen molar-refractivity contribution in [2.45, 2.75) is 89.8 Å². The molecule has 4 atom stereocenters. The summed E-state index contributed by atoms with van der Waals surface area (Å²) in [6, 6.07) is 0. The summed E-state index contributed by atoms with van der Waals surface area (Å²) >= 11 is 0. The molecule has 0 spiro atoms. The van der Waals surface area contributed by atoms with Crippen molar-refractivity contribution in [1.29, 1.82) is 0 Å². The number of aliphatic carboxylic acids is 1. The summed E-state index contributed by atoms with van der Waals surface area (Å²) in [5.74, 6) is -1.04. The van der Waals surface area contributed by atoms with Crippen LogP contribution >= 0.6 is 0 Å². The number of carbonyl (C=O) groups excluding carboxylic acids is 1. The fourth-order valence-corrected chi connectivity index (χ4v) is 3.54. The van der Waals surface area contributed by atoms with Crippen LogP contribution in [0.5, 0.6) is 0 Å². The molecular weight excluding hydrogens is 320 g/mol. The molecule has 0 amide bonds. The van der Waals surface area contributed by atoms with Crippen LogP contribution in [0.2, 0.25) is 0 Å². The number of aliphatic hydroxyl groups is 2. The summed E-state index contributed by atoms with van der Waals surface area (Å²) < 4.78 is 0. The minimum atomic E-state index is -0.767. The molecule has 3 N–H and O–H groups in total. The molecule has 0 aromatic carbocycles. The van der Waals surface area contributed by atoms with Gasteiger partial charge in [-0.05, 0) is 19.3 Å². The van der Waals surface area contributed by atoms with Crippen molar-refractivity contribution in [3.8, 4) is 0 Å². The first kappa shape index (κ1) is 21.8. The van der Waals surface area contributed by atoms with Crippen LogP contribution in [0, 0.1) is 11.8 Å². The van der Waals surface area contributed by atoms with Crippen molar-refractivity contribution in [2.24, 2.45) is 11.8 Å². The van der Waals surface area contributed by atoms with E-state index in [1.54, 1.807) is 6.08 Å². The van der Waals surface area contributed by atoms with Gasteiger partial charge in [-0.1, -0.05) is 57.6 Å². The molecule has 0 aliphatic heterocycles. The molecule has 5 nitrogen and oxygen atoms in total. The van der Waals surface area contributed by atoms with Gasteiger partial charge in [0.1, 0.15) is 5.78 Å². The van der Waals surface area contributed by atoms with Gasteiger partial charge in [0.05, 0.1) is 12.2 Å². The van der Waals surface area contributed by atoms with Gasteiger partial charge >= 0.3 is 5.97 Å². The first-order valence-corrected chi connectivity index (χ1v) is 9.74. The van der Waals surface area contributed by atoms with E-state index in [1.807, 2.05) is 6.08 Å². The van der Waals surface area contributed by atoms with Crippen molar-refractivity contribution in [3.05, 3.63) is 12.2 Å². The van der Waals surface area contributed by atoms with Gasteiger partial charge in [-0.3, -0.25) is 9.59 Å². The Kier molecular flexibility index (Phi) is 10.7. The highest BCUT2D eigenvalue weighted by atomic mass is 16.4. The second-order valence-electron chi connectivity index (χ2n) is 7.22. The molecule has 1 unspecified atom stereocenters. The normalized spacial score (nSPS) is 24.9. The van der Waals surface area contributed by atoms with E-state index in [-0.39, 0.29) is 30.5 Å². The first-order chi connectivity index (χ1) is 12.0. The van der Waals surface area contributed by atoms with Crippen LogP contribution in [0.25, 0.3) is 0 Å². The Bertz CT molecular complexity index is 432. The molecule has 1 rings (SSSR count). The SMILES string of the molecule is CCCCC[C@H](O)/C=C/[C@H]1C(O)CC(=O)[C@@H]1CCCCCCC(=O)O. The average Bonchev–Trinajstić information content (AvgIpc) is 2.82. The summed E-state index contributed by atoms with van der Waals surface area (Å²) in [6.07, 6.45) is 10.7. The lowest BCUT2D eigenvalue weighted by Gasteiger charge is -2.18. The van der Waals surface area contributed by atoms with Crippen LogP contribution in [0.4, 0.5) is 0 Å².